The monoisotopic (exact) mass is 758 g/mol. The molecule has 0 saturated carbocycles. The standard InChI is InChI=1S/C43H54N2O10/c1-27(18-20-44-35(48)15-16-36(44)49)21-41(3,4)25-45-39(50)37-34-17-19-43(55-34,38(37)40(45)51)26-52-23-31(47)24-54-33-13-9-30(10-14-33)42(5,6)29-7-11-32(12-8-29)53-22-28(2)46/h7-17,19,27-28,31,34,37-38,46-47H,18,20-26H2,1-6H3. The van der Waals surface area contributed by atoms with Crippen molar-refractivity contribution in [2.75, 3.05) is 39.5 Å². The number of carbonyl (C=O) groups excluding carboxylic acids is 4. The number of rotatable bonds is 19. The van der Waals surface area contributed by atoms with Crippen molar-refractivity contribution < 1.29 is 48.3 Å². The van der Waals surface area contributed by atoms with Crippen LogP contribution < -0.4 is 9.47 Å². The number of hydrogen-bond acceptors (Lipinski definition) is 10. The van der Waals surface area contributed by atoms with Gasteiger partial charge in [0.05, 0.1) is 37.3 Å². The highest BCUT2D eigenvalue weighted by Crippen LogP contribution is 2.52. The number of aliphatic hydroxyl groups is 2. The van der Waals surface area contributed by atoms with Gasteiger partial charge in [0.15, 0.2) is 0 Å². The predicted octanol–water partition coefficient (Wildman–Crippen LogP) is 4.20. The summed E-state index contributed by atoms with van der Waals surface area (Å²) in [7, 11) is 0. The Bertz CT molecular complexity index is 1780. The molecule has 2 N–H and O–H groups in total. The second-order valence-electron chi connectivity index (χ2n) is 16.9. The lowest BCUT2D eigenvalue weighted by molar-refractivity contribution is -0.148. The topological polar surface area (TPSA) is 152 Å². The van der Waals surface area contributed by atoms with E-state index in [1.807, 2.05) is 81.5 Å². The van der Waals surface area contributed by atoms with E-state index in [-0.39, 0.29) is 67.9 Å². The summed E-state index contributed by atoms with van der Waals surface area (Å²) in [6.45, 7) is 12.8. The molecular formula is C43H54N2O10. The molecule has 2 bridgehead atoms. The minimum atomic E-state index is -1.09. The molecule has 0 spiro atoms. The summed E-state index contributed by atoms with van der Waals surface area (Å²) >= 11 is 0. The predicted molar refractivity (Wildman–Crippen MR) is 203 cm³/mol. The van der Waals surface area contributed by atoms with Gasteiger partial charge in [-0.05, 0) is 66.5 Å². The average Bonchev–Trinajstić information content (AvgIpc) is 3.87. The first-order valence-electron chi connectivity index (χ1n) is 19.2. The van der Waals surface area contributed by atoms with Gasteiger partial charge < -0.3 is 29.2 Å². The highest BCUT2D eigenvalue weighted by atomic mass is 16.6. The molecule has 2 aromatic rings. The number of aliphatic hydroxyl groups excluding tert-OH is 2. The van der Waals surface area contributed by atoms with Gasteiger partial charge in [-0.15, -0.1) is 0 Å². The van der Waals surface area contributed by atoms with Crippen molar-refractivity contribution in [2.24, 2.45) is 23.2 Å². The fraction of sp³-hybridized carbons (Fsp3) is 0.535. The van der Waals surface area contributed by atoms with Crippen molar-refractivity contribution in [3.8, 4) is 11.5 Å². The highest BCUT2D eigenvalue weighted by Gasteiger charge is 2.67. The lowest BCUT2D eigenvalue weighted by atomic mass is 9.77. The first-order valence-corrected chi connectivity index (χ1v) is 19.2. The van der Waals surface area contributed by atoms with Crippen molar-refractivity contribution >= 4 is 23.6 Å². The van der Waals surface area contributed by atoms with E-state index in [9.17, 15) is 29.4 Å². The van der Waals surface area contributed by atoms with Crippen LogP contribution in [-0.4, -0.2) is 107 Å². The normalized spacial score (nSPS) is 24.9. The van der Waals surface area contributed by atoms with E-state index in [4.69, 9.17) is 18.9 Å². The first kappa shape index (κ1) is 40.3. The second-order valence-corrected chi connectivity index (χ2v) is 16.9. The van der Waals surface area contributed by atoms with Gasteiger partial charge in [-0.25, -0.2) is 0 Å². The van der Waals surface area contributed by atoms with Crippen molar-refractivity contribution in [2.45, 2.75) is 83.7 Å². The second kappa shape index (κ2) is 16.0. The zero-order valence-corrected chi connectivity index (χ0v) is 32.6. The van der Waals surface area contributed by atoms with E-state index in [1.165, 1.54) is 22.0 Å². The summed E-state index contributed by atoms with van der Waals surface area (Å²) in [5, 5.41) is 20.2. The number of amides is 4. The Hall–Kier alpha value is -4.36. The Balaban J connectivity index is 0.965. The number of fused-ring (bicyclic) bond motifs is 5. The smallest absolute Gasteiger partial charge is 0.253 e. The molecule has 4 aliphatic rings. The lowest BCUT2D eigenvalue weighted by Gasteiger charge is -2.33. The first-order chi connectivity index (χ1) is 26.0. The largest absolute Gasteiger partial charge is 0.491 e. The molecule has 2 aromatic carbocycles. The fourth-order valence-electron chi connectivity index (χ4n) is 8.34. The van der Waals surface area contributed by atoms with Crippen molar-refractivity contribution in [3.63, 3.8) is 0 Å². The Morgan fingerprint density at radius 1 is 0.800 bits per heavy atom. The number of nitrogens with zero attached hydrogens (tertiary/aromatic N) is 2. The molecule has 7 atom stereocenters. The van der Waals surface area contributed by atoms with Crippen LogP contribution in [0, 0.1) is 23.2 Å². The van der Waals surface area contributed by atoms with Crippen LogP contribution in [0.2, 0.25) is 0 Å². The Morgan fingerprint density at radius 3 is 1.96 bits per heavy atom. The molecule has 0 aliphatic carbocycles. The van der Waals surface area contributed by atoms with Crippen LogP contribution in [0.1, 0.15) is 65.5 Å². The number of ether oxygens (including phenoxy) is 4. The maximum Gasteiger partial charge on any atom is 0.253 e. The maximum absolute atomic E-state index is 13.9. The van der Waals surface area contributed by atoms with Crippen molar-refractivity contribution in [1.29, 1.82) is 0 Å². The van der Waals surface area contributed by atoms with Gasteiger partial charge in [-0.3, -0.25) is 29.0 Å². The molecule has 4 aliphatic heterocycles. The molecule has 12 heteroatoms. The summed E-state index contributed by atoms with van der Waals surface area (Å²) in [4.78, 5) is 54.0. The van der Waals surface area contributed by atoms with Gasteiger partial charge >= 0.3 is 0 Å². The van der Waals surface area contributed by atoms with Crippen LogP contribution in [-0.2, 0) is 34.1 Å². The summed E-state index contributed by atoms with van der Waals surface area (Å²) in [5.41, 5.74) is 0.398. The molecule has 6 rings (SSSR count). The summed E-state index contributed by atoms with van der Waals surface area (Å²) in [6.07, 6.45) is 5.52. The number of imide groups is 2. The van der Waals surface area contributed by atoms with Crippen LogP contribution >= 0.6 is 0 Å². The molecule has 0 aromatic heterocycles. The summed E-state index contributed by atoms with van der Waals surface area (Å²) in [6, 6.07) is 15.6. The quantitative estimate of drug-likeness (QED) is 0.158. The molecule has 4 heterocycles. The van der Waals surface area contributed by atoms with Crippen molar-refractivity contribution in [3.05, 3.63) is 84.0 Å². The zero-order chi connectivity index (χ0) is 39.7. The molecule has 4 amide bonds. The average molecular weight is 759 g/mol. The highest BCUT2D eigenvalue weighted by molar-refractivity contribution is 6.12. The van der Waals surface area contributed by atoms with Gasteiger partial charge in [0, 0.05) is 30.7 Å². The van der Waals surface area contributed by atoms with E-state index in [0.717, 1.165) is 11.1 Å². The summed E-state index contributed by atoms with van der Waals surface area (Å²) < 4.78 is 23.6. The zero-order valence-electron chi connectivity index (χ0n) is 32.6. The van der Waals surface area contributed by atoms with Gasteiger partial charge in [0.2, 0.25) is 11.8 Å². The van der Waals surface area contributed by atoms with Gasteiger partial charge in [0.1, 0.15) is 36.4 Å². The van der Waals surface area contributed by atoms with Crippen LogP contribution in [0.15, 0.2) is 72.8 Å². The van der Waals surface area contributed by atoms with Gasteiger partial charge in [0.25, 0.3) is 11.8 Å². The van der Waals surface area contributed by atoms with Crippen molar-refractivity contribution in [1.82, 2.24) is 9.80 Å². The Kier molecular flexibility index (Phi) is 11.7. The van der Waals surface area contributed by atoms with Gasteiger partial charge in [-0.2, -0.15) is 0 Å². The maximum atomic E-state index is 13.9. The number of likely N-dealkylation sites (tertiary alicyclic amines) is 1. The SMILES string of the molecule is CC(O)COc1ccc(C(C)(C)c2ccc(OCC(O)COCC34C=CC(O3)C3C(=O)N(CC(C)(C)CC(C)CCN5C(=O)C=CC5=O)C(=O)C34)cc2)cc1. The van der Waals surface area contributed by atoms with Crippen LogP contribution in [0.5, 0.6) is 11.5 Å². The molecule has 7 unspecified atom stereocenters. The molecular weight excluding hydrogens is 704 g/mol. The summed E-state index contributed by atoms with van der Waals surface area (Å²) in [5.74, 6) is -1.01. The fourth-order valence-corrected chi connectivity index (χ4v) is 8.34. The Labute approximate surface area is 323 Å². The number of carbonyl (C=O) groups is 4. The van der Waals surface area contributed by atoms with Crippen LogP contribution in [0.4, 0.5) is 0 Å². The molecule has 55 heavy (non-hydrogen) atoms. The van der Waals surface area contributed by atoms with E-state index in [2.05, 4.69) is 13.8 Å². The van der Waals surface area contributed by atoms with E-state index in [1.54, 1.807) is 6.92 Å². The van der Waals surface area contributed by atoms with E-state index < -0.39 is 41.2 Å². The molecule has 0 radical (unpaired) electrons. The van der Waals surface area contributed by atoms with Crippen LogP contribution in [0.3, 0.4) is 0 Å². The molecule has 12 nitrogen and oxygen atoms in total. The van der Waals surface area contributed by atoms with E-state index in [0.29, 0.717) is 30.9 Å². The van der Waals surface area contributed by atoms with Gasteiger partial charge in [-0.1, -0.05) is 71.0 Å². The molecule has 296 valence electrons. The molecule has 2 fully saturated rings. The third kappa shape index (κ3) is 8.72. The third-order valence-corrected chi connectivity index (χ3v) is 11.2. The Morgan fingerprint density at radius 2 is 1.38 bits per heavy atom. The minimum absolute atomic E-state index is 0.00469. The van der Waals surface area contributed by atoms with E-state index >= 15 is 0 Å². The number of benzene rings is 2. The minimum Gasteiger partial charge on any atom is -0.491 e. The number of hydrogen-bond donors (Lipinski definition) is 2. The van der Waals surface area contributed by atoms with Crippen LogP contribution in [0.25, 0.3) is 0 Å². The molecule has 2 saturated heterocycles. The lowest BCUT2D eigenvalue weighted by Crippen LogP contribution is -2.46. The third-order valence-electron chi connectivity index (χ3n) is 11.2.